The molecule has 0 spiro atoms. The number of likely N-dealkylation sites (tertiary alicyclic amines) is 1. The van der Waals surface area contributed by atoms with Crippen LogP contribution in [0.25, 0.3) is 0 Å². The van der Waals surface area contributed by atoms with Gasteiger partial charge in [-0.15, -0.1) is 0 Å². The Balaban J connectivity index is 0.000000324. The van der Waals surface area contributed by atoms with Crippen LogP contribution in [0.2, 0.25) is 0 Å². The lowest BCUT2D eigenvalue weighted by molar-refractivity contribution is -0.106. The minimum absolute atomic E-state index is 0.161. The molecule has 7 heteroatoms. The summed E-state index contributed by atoms with van der Waals surface area (Å²) < 4.78 is 26.7. The summed E-state index contributed by atoms with van der Waals surface area (Å²) in [4.78, 5) is 11.2. The van der Waals surface area contributed by atoms with Crippen LogP contribution in [0.15, 0.2) is 0 Å². The summed E-state index contributed by atoms with van der Waals surface area (Å²) in [6.07, 6.45) is 12.8. The smallest absolute Gasteiger partial charge is 0.217 e. The zero-order chi connectivity index (χ0) is 20.8. The van der Waals surface area contributed by atoms with E-state index in [1.165, 1.54) is 51.9 Å². The number of carbonyl (C=O) groups is 1. The molecule has 0 unspecified atom stereocenters. The maximum Gasteiger partial charge on any atom is 0.217 e. The van der Waals surface area contributed by atoms with E-state index in [0.29, 0.717) is 19.1 Å². The first kappa shape index (κ1) is 25.5. The lowest BCUT2D eigenvalue weighted by atomic mass is 10.1. The molecule has 6 nitrogen and oxygen atoms in total. The standard InChI is InChI=1S/C12H25N3O2S.C7H14.C2H4O/c1-11(2)14-7-3-12(4-8-14)18(16,17)15-9-5-13-6-10-15;1-2-4-6-7-5-3-1;1-2-3/h11-13H,3-10H2,1-2H3;1-7H2;2H,1H3. The average molecular weight is 418 g/mol. The largest absolute Gasteiger partial charge is 0.314 e. The van der Waals surface area contributed by atoms with E-state index in [1.54, 1.807) is 4.31 Å². The van der Waals surface area contributed by atoms with Crippen molar-refractivity contribution < 1.29 is 13.2 Å². The van der Waals surface area contributed by atoms with Crippen molar-refractivity contribution in [2.24, 2.45) is 0 Å². The normalized spacial score (nSPS) is 23.0. The van der Waals surface area contributed by atoms with Crippen molar-refractivity contribution in [1.29, 1.82) is 0 Å². The van der Waals surface area contributed by atoms with Gasteiger partial charge < -0.3 is 15.0 Å². The van der Waals surface area contributed by atoms with Gasteiger partial charge in [-0.1, -0.05) is 44.9 Å². The van der Waals surface area contributed by atoms with Gasteiger partial charge in [-0.3, -0.25) is 0 Å². The number of aldehydes is 1. The minimum atomic E-state index is -3.07. The topological polar surface area (TPSA) is 69.7 Å². The van der Waals surface area contributed by atoms with E-state index >= 15 is 0 Å². The summed E-state index contributed by atoms with van der Waals surface area (Å²) in [5.74, 6) is 0. The maximum absolute atomic E-state index is 12.5. The molecule has 3 rings (SSSR count). The van der Waals surface area contributed by atoms with Crippen LogP contribution in [0.1, 0.15) is 78.6 Å². The van der Waals surface area contributed by atoms with E-state index in [9.17, 15) is 8.42 Å². The highest BCUT2D eigenvalue weighted by atomic mass is 32.2. The monoisotopic (exact) mass is 417 g/mol. The van der Waals surface area contributed by atoms with E-state index in [4.69, 9.17) is 4.79 Å². The summed E-state index contributed by atoms with van der Waals surface area (Å²) in [7, 11) is -3.07. The van der Waals surface area contributed by atoms with Gasteiger partial charge in [-0.2, -0.15) is 4.31 Å². The molecule has 1 N–H and O–H groups in total. The molecule has 3 fully saturated rings. The molecule has 0 aromatic carbocycles. The van der Waals surface area contributed by atoms with E-state index in [1.807, 2.05) is 0 Å². The predicted octanol–water partition coefficient (Wildman–Crippen LogP) is 3.03. The summed E-state index contributed by atoms with van der Waals surface area (Å²) >= 11 is 0. The van der Waals surface area contributed by atoms with Crippen LogP contribution in [-0.4, -0.2) is 74.5 Å². The molecule has 2 aliphatic heterocycles. The fraction of sp³-hybridized carbons (Fsp3) is 0.952. The molecule has 0 atom stereocenters. The Morgan fingerprint density at radius 2 is 1.25 bits per heavy atom. The molecule has 0 aromatic rings. The lowest BCUT2D eigenvalue weighted by Crippen LogP contribution is -2.52. The number of hydrogen-bond acceptors (Lipinski definition) is 5. The van der Waals surface area contributed by atoms with Crippen LogP contribution in [0, 0.1) is 0 Å². The molecule has 0 bridgehead atoms. The van der Waals surface area contributed by atoms with Gasteiger partial charge in [0, 0.05) is 32.2 Å². The molecule has 1 saturated carbocycles. The molecular weight excluding hydrogens is 374 g/mol. The van der Waals surface area contributed by atoms with Crippen molar-refractivity contribution in [3.63, 3.8) is 0 Å². The maximum atomic E-state index is 12.5. The molecule has 0 amide bonds. The van der Waals surface area contributed by atoms with Crippen LogP contribution in [0.5, 0.6) is 0 Å². The van der Waals surface area contributed by atoms with E-state index < -0.39 is 10.0 Å². The number of rotatable bonds is 3. The van der Waals surface area contributed by atoms with Gasteiger partial charge in [-0.25, -0.2) is 8.42 Å². The van der Waals surface area contributed by atoms with Crippen LogP contribution in [0.4, 0.5) is 0 Å². The van der Waals surface area contributed by atoms with E-state index in [-0.39, 0.29) is 5.25 Å². The Morgan fingerprint density at radius 3 is 1.61 bits per heavy atom. The third-order valence-electron chi connectivity index (χ3n) is 5.81. The molecule has 3 aliphatic rings. The van der Waals surface area contributed by atoms with Gasteiger partial charge in [0.25, 0.3) is 0 Å². The van der Waals surface area contributed by atoms with Crippen molar-refractivity contribution in [2.75, 3.05) is 39.3 Å². The van der Waals surface area contributed by atoms with Gasteiger partial charge in [0.05, 0.1) is 5.25 Å². The zero-order valence-corrected chi connectivity index (χ0v) is 19.2. The number of hydrogen-bond donors (Lipinski definition) is 1. The molecule has 28 heavy (non-hydrogen) atoms. The minimum Gasteiger partial charge on any atom is -0.314 e. The Bertz CT molecular complexity index is 477. The van der Waals surface area contributed by atoms with Gasteiger partial charge in [0.2, 0.25) is 10.0 Å². The number of piperidine rings is 1. The first-order chi connectivity index (χ1) is 13.4. The fourth-order valence-electron chi connectivity index (χ4n) is 4.04. The van der Waals surface area contributed by atoms with Crippen LogP contribution in [-0.2, 0) is 14.8 Å². The molecule has 2 saturated heterocycles. The summed E-state index contributed by atoms with van der Waals surface area (Å²) in [6.45, 7) is 10.4. The second-order valence-electron chi connectivity index (χ2n) is 8.23. The van der Waals surface area contributed by atoms with Crippen LogP contribution in [0.3, 0.4) is 0 Å². The number of nitrogens with zero attached hydrogens (tertiary/aromatic N) is 2. The van der Waals surface area contributed by atoms with Crippen molar-refractivity contribution in [2.45, 2.75) is 89.9 Å². The highest BCUT2D eigenvalue weighted by Gasteiger charge is 2.35. The molecular formula is C21H43N3O3S. The van der Waals surface area contributed by atoms with E-state index in [2.05, 4.69) is 24.1 Å². The van der Waals surface area contributed by atoms with Gasteiger partial charge in [0.1, 0.15) is 6.29 Å². The Hall–Kier alpha value is -0.500. The van der Waals surface area contributed by atoms with Crippen LogP contribution < -0.4 is 5.32 Å². The highest BCUT2D eigenvalue weighted by molar-refractivity contribution is 7.89. The van der Waals surface area contributed by atoms with Crippen molar-refractivity contribution in [3.8, 4) is 0 Å². The van der Waals surface area contributed by atoms with Gasteiger partial charge in [0.15, 0.2) is 0 Å². The molecule has 0 radical (unpaired) electrons. The van der Waals surface area contributed by atoms with Crippen molar-refractivity contribution in [1.82, 2.24) is 14.5 Å². The highest BCUT2D eigenvalue weighted by Crippen LogP contribution is 2.22. The second-order valence-corrected chi connectivity index (χ2v) is 10.4. The SMILES string of the molecule is C1CCCCCC1.CC(C)N1CCC(S(=O)(=O)N2CCNCC2)CC1.CC=O. The van der Waals surface area contributed by atoms with Crippen LogP contribution >= 0.6 is 0 Å². The third-order valence-corrected chi connectivity index (χ3v) is 8.21. The quantitative estimate of drug-likeness (QED) is 0.565. The predicted molar refractivity (Wildman–Crippen MR) is 117 cm³/mol. The number of nitrogens with one attached hydrogen (secondary N) is 1. The van der Waals surface area contributed by atoms with Gasteiger partial charge in [-0.05, 0) is 46.7 Å². The average Bonchev–Trinajstić information content (AvgIpc) is 3.03. The molecule has 2 heterocycles. The molecule has 1 aliphatic carbocycles. The second kappa shape index (κ2) is 14.5. The lowest BCUT2D eigenvalue weighted by Gasteiger charge is -2.37. The number of carbonyl (C=O) groups excluding carboxylic acids is 1. The number of sulfonamides is 1. The first-order valence-electron chi connectivity index (χ1n) is 11.3. The zero-order valence-electron chi connectivity index (χ0n) is 18.4. The Morgan fingerprint density at radius 1 is 0.857 bits per heavy atom. The van der Waals surface area contributed by atoms with Crippen molar-refractivity contribution in [3.05, 3.63) is 0 Å². The first-order valence-corrected chi connectivity index (χ1v) is 12.8. The Labute approximate surface area is 173 Å². The van der Waals surface area contributed by atoms with E-state index in [0.717, 1.165) is 45.3 Å². The van der Waals surface area contributed by atoms with Gasteiger partial charge >= 0.3 is 0 Å². The Kier molecular flexibility index (Phi) is 13.2. The third kappa shape index (κ3) is 9.33. The summed E-state index contributed by atoms with van der Waals surface area (Å²) in [6, 6.07) is 0.521. The summed E-state index contributed by atoms with van der Waals surface area (Å²) in [5, 5.41) is 3.04. The molecule has 0 aromatic heterocycles. The number of piperazine rings is 1. The molecule has 166 valence electrons. The van der Waals surface area contributed by atoms with Crippen molar-refractivity contribution >= 4 is 16.3 Å². The summed E-state index contributed by atoms with van der Waals surface area (Å²) in [5.41, 5.74) is 0. The fourth-order valence-corrected chi connectivity index (χ4v) is 5.96.